The first-order valence-electron chi connectivity index (χ1n) is 8.60. The molecule has 2 rings (SSSR count). The van der Waals surface area contributed by atoms with E-state index in [0.29, 0.717) is 6.61 Å². The Hall–Kier alpha value is -2.03. The van der Waals surface area contributed by atoms with Crippen LogP contribution in [0.5, 0.6) is 0 Å². The number of rotatable bonds is 7. The Bertz CT molecular complexity index is 560. The lowest BCUT2D eigenvalue weighted by atomic mass is 9.87. The average molecular weight is 313 g/mol. The fourth-order valence-corrected chi connectivity index (χ4v) is 2.98. The molecule has 0 aliphatic heterocycles. The van der Waals surface area contributed by atoms with Gasteiger partial charge in [-0.1, -0.05) is 49.4 Å². The summed E-state index contributed by atoms with van der Waals surface area (Å²) < 4.78 is 5.32. The molecule has 1 unspecified atom stereocenters. The first-order chi connectivity index (χ1) is 11.3. The third-order valence-electron chi connectivity index (χ3n) is 4.15. The normalized spacial score (nSPS) is 18.3. The van der Waals surface area contributed by atoms with Crippen LogP contribution in [0, 0.1) is 5.92 Å². The highest BCUT2D eigenvalue weighted by Gasteiger charge is 2.24. The summed E-state index contributed by atoms with van der Waals surface area (Å²) in [6.45, 7) is 5.08. The molecule has 0 amide bonds. The second-order valence-electron chi connectivity index (χ2n) is 5.77. The lowest BCUT2D eigenvalue weighted by Gasteiger charge is -2.23. The van der Waals surface area contributed by atoms with Crippen molar-refractivity contribution in [1.82, 2.24) is 5.32 Å². The van der Waals surface area contributed by atoms with E-state index in [-0.39, 0.29) is 11.9 Å². The number of hydrogen-bond acceptors (Lipinski definition) is 3. The van der Waals surface area contributed by atoms with E-state index in [9.17, 15) is 4.79 Å². The molecule has 3 heteroatoms. The van der Waals surface area contributed by atoms with Gasteiger partial charge in [-0.2, -0.15) is 0 Å². The van der Waals surface area contributed by atoms with Gasteiger partial charge in [0.15, 0.2) is 0 Å². The molecule has 0 saturated heterocycles. The molecule has 1 atom stereocenters. The van der Waals surface area contributed by atoms with Gasteiger partial charge in [-0.05, 0) is 38.2 Å². The molecule has 1 aliphatic carbocycles. The van der Waals surface area contributed by atoms with Gasteiger partial charge >= 0.3 is 5.97 Å². The number of nitrogens with one attached hydrogen (secondary N) is 1. The molecule has 1 N–H and O–H groups in total. The summed E-state index contributed by atoms with van der Waals surface area (Å²) in [5.74, 6) is -0.0116. The van der Waals surface area contributed by atoms with Crippen molar-refractivity contribution in [1.29, 1.82) is 0 Å². The number of allylic oxidation sites excluding steroid dienone is 3. The highest BCUT2D eigenvalue weighted by Crippen LogP contribution is 2.28. The van der Waals surface area contributed by atoms with Crippen molar-refractivity contribution in [2.75, 3.05) is 6.61 Å². The smallest absolute Gasteiger partial charge is 0.336 e. The Kier molecular flexibility index (Phi) is 6.92. The monoisotopic (exact) mass is 313 g/mol. The van der Waals surface area contributed by atoms with Gasteiger partial charge in [0.2, 0.25) is 0 Å². The van der Waals surface area contributed by atoms with Gasteiger partial charge in [0.25, 0.3) is 0 Å². The SMILES string of the molecule is CCOC(=O)/C(=C(/CC)NCc1ccccc1)C1C=CCCC1. The van der Waals surface area contributed by atoms with Crippen LogP contribution in [0.4, 0.5) is 0 Å². The third-order valence-corrected chi connectivity index (χ3v) is 4.15. The summed E-state index contributed by atoms with van der Waals surface area (Å²) in [5, 5.41) is 3.47. The Balaban J connectivity index is 2.22. The second-order valence-corrected chi connectivity index (χ2v) is 5.77. The number of esters is 1. The standard InChI is InChI=1S/C20H27NO2/c1-3-18(21-15-16-11-7-5-8-12-16)19(20(22)23-4-2)17-13-9-6-10-14-17/h5,7-9,11-13,17,21H,3-4,6,10,14-15H2,1-2H3/b19-18-. The predicted molar refractivity (Wildman–Crippen MR) is 93.7 cm³/mol. The Morgan fingerprint density at radius 3 is 2.65 bits per heavy atom. The van der Waals surface area contributed by atoms with Crippen molar-refractivity contribution in [3.8, 4) is 0 Å². The molecule has 0 spiro atoms. The molecule has 0 radical (unpaired) electrons. The van der Waals surface area contributed by atoms with Crippen LogP contribution in [0.25, 0.3) is 0 Å². The maximum atomic E-state index is 12.5. The van der Waals surface area contributed by atoms with E-state index in [1.165, 1.54) is 5.56 Å². The lowest BCUT2D eigenvalue weighted by molar-refractivity contribution is -0.139. The van der Waals surface area contributed by atoms with E-state index in [1.807, 2.05) is 25.1 Å². The molecule has 0 fully saturated rings. The minimum Gasteiger partial charge on any atom is -0.463 e. The quantitative estimate of drug-likeness (QED) is 0.462. The lowest BCUT2D eigenvalue weighted by Crippen LogP contribution is -2.24. The molecule has 0 aromatic heterocycles. The summed E-state index contributed by atoms with van der Waals surface area (Å²) in [6, 6.07) is 10.2. The Morgan fingerprint density at radius 1 is 1.26 bits per heavy atom. The zero-order valence-corrected chi connectivity index (χ0v) is 14.2. The molecule has 124 valence electrons. The fraction of sp³-hybridized carbons (Fsp3) is 0.450. The maximum Gasteiger partial charge on any atom is 0.336 e. The van der Waals surface area contributed by atoms with Gasteiger partial charge < -0.3 is 10.1 Å². The summed E-state index contributed by atoms with van der Waals surface area (Å²) in [4.78, 5) is 12.5. The highest BCUT2D eigenvalue weighted by molar-refractivity contribution is 5.90. The van der Waals surface area contributed by atoms with E-state index >= 15 is 0 Å². The van der Waals surface area contributed by atoms with E-state index in [4.69, 9.17) is 4.74 Å². The Morgan fingerprint density at radius 2 is 2.04 bits per heavy atom. The van der Waals surface area contributed by atoms with E-state index in [0.717, 1.165) is 43.5 Å². The van der Waals surface area contributed by atoms with Gasteiger partial charge in [0.1, 0.15) is 0 Å². The molecule has 23 heavy (non-hydrogen) atoms. The van der Waals surface area contributed by atoms with Gasteiger partial charge in [0, 0.05) is 18.2 Å². The molecular formula is C20H27NO2. The van der Waals surface area contributed by atoms with Gasteiger partial charge in [0.05, 0.1) is 12.2 Å². The van der Waals surface area contributed by atoms with Crippen LogP contribution < -0.4 is 5.32 Å². The molecule has 1 aliphatic rings. The number of carbonyl (C=O) groups excluding carboxylic acids is 1. The highest BCUT2D eigenvalue weighted by atomic mass is 16.5. The molecule has 1 aromatic carbocycles. The molecule has 0 heterocycles. The summed E-state index contributed by atoms with van der Waals surface area (Å²) in [5.41, 5.74) is 3.02. The first-order valence-corrected chi connectivity index (χ1v) is 8.60. The Labute approximate surface area is 139 Å². The van der Waals surface area contributed by atoms with Crippen LogP contribution in [-0.4, -0.2) is 12.6 Å². The predicted octanol–water partition coefficient (Wildman–Crippen LogP) is 4.36. The van der Waals surface area contributed by atoms with Crippen molar-refractivity contribution >= 4 is 5.97 Å². The van der Waals surface area contributed by atoms with Crippen LogP contribution in [0.15, 0.2) is 53.8 Å². The van der Waals surface area contributed by atoms with Gasteiger partial charge in [-0.3, -0.25) is 0 Å². The summed E-state index contributed by atoms with van der Waals surface area (Å²) >= 11 is 0. The topological polar surface area (TPSA) is 38.3 Å². The number of hydrogen-bond donors (Lipinski definition) is 1. The molecule has 0 saturated carbocycles. The van der Waals surface area contributed by atoms with Crippen LogP contribution in [0.1, 0.15) is 45.1 Å². The first kappa shape index (κ1) is 17.3. The molecular weight excluding hydrogens is 286 g/mol. The summed E-state index contributed by atoms with van der Waals surface area (Å²) in [7, 11) is 0. The van der Waals surface area contributed by atoms with Crippen molar-refractivity contribution in [2.24, 2.45) is 5.92 Å². The van der Waals surface area contributed by atoms with Gasteiger partial charge in [-0.25, -0.2) is 4.79 Å². The summed E-state index contributed by atoms with van der Waals surface area (Å²) in [6.07, 6.45) is 8.38. The second kappa shape index (κ2) is 9.19. The fourth-order valence-electron chi connectivity index (χ4n) is 2.98. The molecule has 3 nitrogen and oxygen atoms in total. The number of carbonyl (C=O) groups is 1. The molecule has 1 aromatic rings. The maximum absolute atomic E-state index is 12.5. The molecule has 0 bridgehead atoms. The zero-order chi connectivity index (χ0) is 16.5. The van der Waals surface area contributed by atoms with Crippen LogP contribution in [0.2, 0.25) is 0 Å². The largest absolute Gasteiger partial charge is 0.463 e. The van der Waals surface area contributed by atoms with Crippen molar-refractivity contribution in [3.05, 3.63) is 59.3 Å². The van der Waals surface area contributed by atoms with Gasteiger partial charge in [-0.15, -0.1) is 0 Å². The van der Waals surface area contributed by atoms with E-state index in [2.05, 4.69) is 36.5 Å². The zero-order valence-electron chi connectivity index (χ0n) is 14.2. The van der Waals surface area contributed by atoms with Crippen LogP contribution in [0.3, 0.4) is 0 Å². The van der Waals surface area contributed by atoms with Crippen molar-refractivity contribution in [3.63, 3.8) is 0 Å². The minimum absolute atomic E-state index is 0.168. The third kappa shape index (κ3) is 4.98. The minimum atomic E-state index is -0.179. The van der Waals surface area contributed by atoms with E-state index in [1.54, 1.807) is 0 Å². The average Bonchev–Trinajstić information content (AvgIpc) is 2.60. The number of ether oxygens (including phenoxy) is 1. The van der Waals surface area contributed by atoms with Crippen LogP contribution in [-0.2, 0) is 16.1 Å². The van der Waals surface area contributed by atoms with Crippen molar-refractivity contribution < 1.29 is 9.53 Å². The van der Waals surface area contributed by atoms with Crippen molar-refractivity contribution in [2.45, 2.75) is 46.1 Å². The number of benzene rings is 1. The van der Waals surface area contributed by atoms with Crippen LogP contribution >= 0.6 is 0 Å². The van der Waals surface area contributed by atoms with E-state index < -0.39 is 0 Å².